The number of pyridine rings is 1. The summed E-state index contributed by atoms with van der Waals surface area (Å²) in [4.78, 5) is 35.2. The second-order valence-electron chi connectivity index (χ2n) is 7.26. The number of imide groups is 1. The lowest BCUT2D eigenvalue weighted by Crippen LogP contribution is -2.52. The van der Waals surface area contributed by atoms with E-state index >= 15 is 0 Å². The first-order chi connectivity index (χ1) is 12.2. The van der Waals surface area contributed by atoms with E-state index < -0.39 is 5.54 Å². The van der Waals surface area contributed by atoms with Crippen molar-refractivity contribution in [1.29, 1.82) is 0 Å². The molecule has 1 aromatic rings. The molecule has 1 aliphatic carbocycles. The number of aromatic nitrogens is 1. The van der Waals surface area contributed by atoms with E-state index in [0.717, 1.165) is 58.3 Å². The summed E-state index contributed by atoms with van der Waals surface area (Å²) in [6.07, 6.45) is 8.36. The summed E-state index contributed by atoms with van der Waals surface area (Å²) < 4.78 is 0. The lowest BCUT2D eigenvalue weighted by Gasteiger charge is -2.37. The fourth-order valence-corrected chi connectivity index (χ4v) is 4.20. The molecule has 0 atom stereocenters. The van der Waals surface area contributed by atoms with Gasteiger partial charge in [0.05, 0.1) is 6.67 Å². The molecule has 3 amide bonds. The zero-order chi connectivity index (χ0) is 17.3. The summed E-state index contributed by atoms with van der Waals surface area (Å²) in [5.41, 5.74) is 0.555. The van der Waals surface area contributed by atoms with Crippen molar-refractivity contribution in [2.45, 2.75) is 37.6 Å². The smallest absolute Gasteiger partial charge is 0.326 e. The molecular weight excluding hydrogens is 318 g/mol. The number of carbonyl (C=O) groups excluding carboxylic acids is 2. The van der Waals surface area contributed by atoms with Gasteiger partial charge in [-0.15, -0.1) is 0 Å². The van der Waals surface area contributed by atoms with Gasteiger partial charge >= 0.3 is 6.03 Å². The van der Waals surface area contributed by atoms with Crippen molar-refractivity contribution in [2.75, 3.05) is 37.7 Å². The number of urea groups is 1. The number of anilines is 1. The average Bonchev–Trinajstić information content (AvgIpc) is 2.88. The Morgan fingerprint density at radius 2 is 1.68 bits per heavy atom. The van der Waals surface area contributed by atoms with Gasteiger partial charge in [-0.3, -0.25) is 14.7 Å². The lowest BCUT2D eigenvalue weighted by atomic mass is 9.82. The number of carbonyl (C=O) groups is 2. The molecule has 7 heteroatoms. The molecule has 1 spiro atoms. The first kappa shape index (κ1) is 16.3. The summed E-state index contributed by atoms with van der Waals surface area (Å²) in [6, 6.07) is 3.81. The van der Waals surface area contributed by atoms with Crippen LogP contribution in [0.1, 0.15) is 32.1 Å². The average molecular weight is 343 g/mol. The topological polar surface area (TPSA) is 68.8 Å². The molecule has 2 saturated heterocycles. The minimum Gasteiger partial charge on any atom is -0.369 e. The molecule has 2 aliphatic heterocycles. The maximum absolute atomic E-state index is 12.9. The molecule has 0 aromatic carbocycles. The highest BCUT2D eigenvalue weighted by Gasteiger charge is 2.51. The maximum Gasteiger partial charge on any atom is 0.326 e. The molecule has 0 unspecified atom stereocenters. The minimum atomic E-state index is -0.617. The molecule has 3 heterocycles. The molecule has 1 N–H and O–H groups in total. The predicted molar refractivity (Wildman–Crippen MR) is 94.1 cm³/mol. The van der Waals surface area contributed by atoms with E-state index in [1.807, 2.05) is 12.1 Å². The number of hydrogen-bond acceptors (Lipinski definition) is 5. The van der Waals surface area contributed by atoms with Gasteiger partial charge < -0.3 is 10.2 Å². The maximum atomic E-state index is 12.9. The van der Waals surface area contributed by atoms with E-state index in [1.165, 1.54) is 10.6 Å². The van der Waals surface area contributed by atoms with Gasteiger partial charge in [0, 0.05) is 44.3 Å². The van der Waals surface area contributed by atoms with Gasteiger partial charge in [-0.1, -0.05) is 19.3 Å². The molecule has 0 radical (unpaired) electrons. The van der Waals surface area contributed by atoms with Crippen LogP contribution in [0.5, 0.6) is 0 Å². The normalized spacial score (nSPS) is 24.0. The first-order valence-corrected chi connectivity index (χ1v) is 9.19. The second kappa shape index (κ2) is 6.63. The number of nitrogens with one attached hydrogen (secondary N) is 1. The summed E-state index contributed by atoms with van der Waals surface area (Å²) in [5, 5.41) is 2.99. The van der Waals surface area contributed by atoms with E-state index in [2.05, 4.69) is 20.1 Å². The van der Waals surface area contributed by atoms with E-state index in [0.29, 0.717) is 6.67 Å². The molecule has 1 aromatic heterocycles. The number of nitrogens with zero attached hydrogens (tertiary/aromatic N) is 4. The number of piperazine rings is 1. The van der Waals surface area contributed by atoms with Gasteiger partial charge in [0.25, 0.3) is 5.91 Å². The van der Waals surface area contributed by atoms with E-state index in [-0.39, 0.29) is 11.9 Å². The summed E-state index contributed by atoms with van der Waals surface area (Å²) in [6.45, 7) is 3.85. The minimum absolute atomic E-state index is 0.0197. The highest BCUT2D eigenvalue weighted by atomic mass is 16.2. The molecule has 3 aliphatic rings. The molecule has 4 rings (SSSR count). The molecule has 7 nitrogen and oxygen atoms in total. The van der Waals surface area contributed by atoms with Crippen LogP contribution in [0.2, 0.25) is 0 Å². The van der Waals surface area contributed by atoms with Gasteiger partial charge in [-0.25, -0.2) is 9.69 Å². The van der Waals surface area contributed by atoms with E-state index in [1.54, 1.807) is 12.4 Å². The van der Waals surface area contributed by atoms with Crippen LogP contribution in [0.3, 0.4) is 0 Å². The third kappa shape index (κ3) is 3.08. The van der Waals surface area contributed by atoms with Gasteiger partial charge in [-0.2, -0.15) is 0 Å². The zero-order valence-electron chi connectivity index (χ0n) is 14.5. The Morgan fingerprint density at radius 3 is 2.36 bits per heavy atom. The highest BCUT2D eigenvalue weighted by Crippen LogP contribution is 2.33. The number of rotatable bonds is 3. The SMILES string of the molecule is O=C1NC2(CCCCC2)C(=O)N1CN1CCN(c2ccncc2)CC1. The van der Waals surface area contributed by atoms with Crippen LogP contribution in [-0.4, -0.2) is 65.1 Å². The van der Waals surface area contributed by atoms with Crippen LogP contribution in [0, 0.1) is 0 Å². The molecule has 134 valence electrons. The zero-order valence-corrected chi connectivity index (χ0v) is 14.5. The van der Waals surface area contributed by atoms with E-state index in [4.69, 9.17) is 0 Å². The summed E-state index contributed by atoms with van der Waals surface area (Å²) in [7, 11) is 0. The standard InChI is InChI=1S/C18H25N5O2/c24-16-18(6-2-1-3-7-18)20-17(25)23(16)14-21-10-12-22(13-11-21)15-4-8-19-9-5-15/h4-5,8-9H,1-3,6-7,10-14H2,(H,20,25). The van der Waals surface area contributed by atoms with Crippen LogP contribution < -0.4 is 10.2 Å². The molecular formula is C18H25N5O2. The Bertz CT molecular complexity index is 636. The molecule has 0 bridgehead atoms. The Kier molecular flexibility index (Phi) is 4.33. The van der Waals surface area contributed by atoms with Crippen molar-refractivity contribution in [3.05, 3.63) is 24.5 Å². The van der Waals surface area contributed by atoms with E-state index in [9.17, 15) is 9.59 Å². The third-order valence-electron chi connectivity index (χ3n) is 5.69. The quantitative estimate of drug-likeness (QED) is 0.841. The van der Waals surface area contributed by atoms with Crippen LogP contribution in [0.15, 0.2) is 24.5 Å². The van der Waals surface area contributed by atoms with Crippen molar-refractivity contribution in [3.63, 3.8) is 0 Å². The monoisotopic (exact) mass is 343 g/mol. The van der Waals surface area contributed by atoms with Crippen molar-refractivity contribution in [1.82, 2.24) is 20.1 Å². The third-order valence-corrected chi connectivity index (χ3v) is 5.69. The second-order valence-corrected chi connectivity index (χ2v) is 7.26. The van der Waals surface area contributed by atoms with Gasteiger partial charge in [-0.05, 0) is 25.0 Å². The number of amides is 3. The molecule has 3 fully saturated rings. The number of hydrogen-bond donors (Lipinski definition) is 1. The fraction of sp³-hybridized carbons (Fsp3) is 0.611. The van der Waals surface area contributed by atoms with Crippen molar-refractivity contribution >= 4 is 17.6 Å². The van der Waals surface area contributed by atoms with Gasteiger partial charge in [0.15, 0.2) is 0 Å². The van der Waals surface area contributed by atoms with Crippen LogP contribution >= 0.6 is 0 Å². The fourth-order valence-electron chi connectivity index (χ4n) is 4.20. The first-order valence-electron chi connectivity index (χ1n) is 9.19. The van der Waals surface area contributed by atoms with Crippen molar-refractivity contribution < 1.29 is 9.59 Å². The van der Waals surface area contributed by atoms with Gasteiger partial charge in [0.1, 0.15) is 5.54 Å². The molecule has 1 saturated carbocycles. The Balaban J connectivity index is 1.35. The van der Waals surface area contributed by atoms with Crippen molar-refractivity contribution in [3.8, 4) is 0 Å². The Morgan fingerprint density at radius 1 is 1.00 bits per heavy atom. The highest BCUT2D eigenvalue weighted by molar-refractivity contribution is 6.07. The summed E-state index contributed by atoms with van der Waals surface area (Å²) >= 11 is 0. The summed E-state index contributed by atoms with van der Waals surface area (Å²) in [5.74, 6) is -0.0197. The predicted octanol–water partition coefficient (Wildman–Crippen LogP) is 1.42. The Hall–Kier alpha value is -2.15. The van der Waals surface area contributed by atoms with Crippen LogP contribution in [0.4, 0.5) is 10.5 Å². The molecule has 25 heavy (non-hydrogen) atoms. The van der Waals surface area contributed by atoms with Crippen LogP contribution in [0.25, 0.3) is 0 Å². The largest absolute Gasteiger partial charge is 0.369 e. The van der Waals surface area contributed by atoms with Crippen LogP contribution in [-0.2, 0) is 4.79 Å². The lowest BCUT2D eigenvalue weighted by molar-refractivity contribution is -0.133. The van der Waals surface area contributed by atoms with Crippen molar-refractivity contribution in [2.24, 2.45) is 0 Å². The van der Waals surface area contributed by atoms with Gasteiger partial charge in [0.2, 0.25) is 0 Å². The Labute approximate surface area is 148 Å².